The zero-order valence-electron chi connectivity index (χ0n) is 9.93. The molecule has 5 heteroatoms. The Labute approximate surface area is 104 Å². The van der Waals surface area contributed by atoms with Gasteiger partial charge in [-0.25, -0.2) is 0 Å². The largest absolute Gasteiger partial charge is 0.489 e. The molecule has 1 aromatic carbocycles. The number of nitrogens with zero attached hydrogens (tertiary/aromatic N) is 1. The number of rotatable bonds is 1. The molecule has 0 spiro atoms. The summed E-state index contributed by atoms with van der Waals surface area (Å²) in [5.74, 6) is 0.557. The highest BCUT2D eigenvalue weighted by atomic mass is 16.5. The first-order chi connectivity index (χ1) is 8.79. The van der Waals surface area contributed by atoms with Crippen molar-refractivity contribution in [3.8, 4) is 5.75 Å². The van der Waals surface area contributed by atoms with E-state index >= 15 is 0 Å². The summed E-state index contributed by atoms with van der Waals surface area (Å²) in [4.78, 5) is 16.3. The van der Waals surface area contributed by atoms with Gasteiger partial charge < -0.3 is 15.4 Å². The highest BCUT2D eigenvalue weighted by Crippen LogP contribution is 2.33. The molecule has 0 saturated carbocycles. The molecule has 0 aliphatic carbocycles. The maximum atomic E-state index is 12.0. The summed E-state index contributed by atoms with van der Waals surface area (Å²) < 4.78 is 5.64. The van der Waals surface area contributed by atoms with Gasteiger partial charge in [-0.1, -0.05) is 6.07 Å². The lowest BCUT2D eigenvalue weighted by Crippen LogP contribution is -2.41. The lowest BCUT2D eigenvalue weighted by molar-refractivity contribution is -0.118. The lowest BCUT2D eigenvalue weighted by atomic mass is 10.1. The van der Waals surface area contributed by atoms with Crippen LogP contribution in [0.25, 0.3) is 10.9 Å². The second-order valence-corrected chi connectivity index (χ2v) is 4.16. The van der Waals surface area contributed by atoms with E-state index in [-0.39, 0.29) is 11.9 Å². The molecular formula is C13H13N3O2. The fraction of sp³-hybridized carbons (Fsp3) is 0.231. The number of amides is 1. The third kappa shape index (κ3) is 1.69. The highest BCUT2D eigenvalue weighted by molar-refractivity contribution is 6.05. The Morgan fingerprint density at radius 3 is 3.17 bits per heavy atom. The van der Waals surface area contributed by atoms with Crippen LogP contribution in [0.5, 0.6) is 5.75 Å². The Morgan fingerprint density at radius 2 is 2.33 bits per heavy atom. The van der Waals surface area contributed by atoms with Crippen LogP contribution in [-0.2, 0) is 4.79 Å². The number of benzene rings is 1. The minimum Gasteiger partial charge on any atom is -0.489 e. The third-order valence-corrected chi connectivity index (χ3v) is 3.06. The number of anilines is 1. The Hall–Kier alpha value is -2.14. The number of pyridine rings is 1. The van der Waals surface area contributed by atoms with E-state index in [2.05, 4.69) is 15.6 Å². The van der Waals surface area contributed by atoms with E-state index < -0.39 is 0 Å². The zero-order valence-corrected chi connectivity index (χ0v) is 9.93. The fourth-order valence-electron chi connectivity index (χ4n) is 2.04. The summed E-state index contributed by atoms with van der Waals surface area (Å²) in [5, 5.41) is 6.77. The molecule has 1 aliphatic heterocycles. The summed E-state index contributed by atoms with van der Waals surface area (Å²) in [6.07, 6.45) is 1.70. The Kier molecular flexibility index (Phi) is 2.60. The molecular weight excluding hydrogens is 230 g/mol. The van der Waals surface area contributed by atoms with E-state index in [9.17, 15) is 4.79 Å². The SMILES string of the molecule is CNC1COc2ccc3cccnc3c2NC1=O. The summed E-state index contributed by atoms with van der Waals surface area (Å²) in [5.41, 5.74) is 1.40. The normalized spacial score (nSPS) is 18.7. The summed E-state index contributed by atoms with van der Waals surface area (Å²) in [7, 11) is 1.74. The van der Waals surface area contributed by atoms with Crippen LogP contribution in [0.3, 0.4) is 0 Å². The van der Waals surface area contributed by atoms with Crippen molar-refractivity contribution in [3.63, 3.8) is 0 Å². The van der Waals surface area contributed by atoms with E-state index in [1.807, 2.05) is 24.3 Å². The molecule has 1 aromatic heterocycles. The van der Waals surface area contributed by atoms with Crippen molar-refractivity contribution in [1.29, 1.82) is 0 Å². The molecule has 2 N–H and O–H groups in total. The monoisotopic (exact) mass is 243 g/mol. The summed E-state index contributed by atoms with van der Waals surface area (Å²) in [6, 6.07) is 7.26. The van der Waals surface area contributed by atoms with Crippen LogP contribution in [0.4, 0.5) is 5.69 Å². The van der Waals surface area contributed by atoms with Gasteiger partial charge in [0.15, 0.2) is 0 Å². The first kappa shape index (κ1) is 11.0. The Balaban J connectivity index is 2.14. The van der Waals surface area contributed by atoms with Crippen LogP contribution in [0.1, 0.15) is 0 Å². The number of nitrogens with one attached hydrogen (secondary N) is 2. The lowest BCUT2D eigenvalue weighted by Gasteiger charge is -2.10. The van der Waals surface area contributed by atoms with Crippen LogP contribution in [0.2, 0.25) is 0 Å². The van der Waals surface area contributed by atoms with Crippen molar-refractivity contribution >= 4 is 22.5 Å². The number of hydrogen-bond acceptors (Lipinski definition) is 4. The van der Waals surface area contributed by atoms with E-state index in [1.54, 1.807) is 13.2 Å². The standard InChI is InChI=1S/C13H13N3O2/c1-14-9-7-18-10-5-4-8-3-2-6-15-11(8)12(10)16-13(9)17/h2-6,9,14H,7H2,1H3,(H,16,17). The van der Waals surface area contributed by atoms with Crippen LogP contribution >= 0.6 is 0 Å². The minimum absolute atomic E-state index is 0.102. The molecule has 18 heavy (non-hydrogen) atoms. The average Bonchev–Trinajstić information content (AvgIpc) is 2.57. The van der Waals surface area contributed by atoms with Gasteiger partial charge in [0.2, 0.25) is 5.91 Å². The molecule has 0 saturated heterocycles. The molecule has 92 valence electrons. The summed E-state index contributed by atoms with van der Waals surface area (Å²) in [6.45, 7) is 0.313. The average molecular weight is 243 g/mol. The zero-order chi connectivity index (χ0) is 12.5. The molecule has 0 radical (unpaired) electrons. The van der Waals surface area contributed by atoms with Gasteiger partial charge in [-0.15, -0.1) is 0 Å². The number of hydrogen-bond donors (Lipinski definition) is 2. The van der Waals surface area contributed by atoms with Crippen LogP contribution in [0, 0.1) is 0 Å². The third-order valence-electron chi connectivity index (χ3n) is 3.06. The van der Waals surface area contributed by atoms with Crippen molar-refractivity contribution in [2.45, 2.75) is 6.04 Å². The number of carbonyl (C=O) groups excluding carboxylic acids is 1. The first-order valence-electron chi connectivity index (χ1n) is 5.78. The highest BCUT2D eigenvalue weighted by Gasteiger charge is 2.24. The van der Waals surface area contributed by atoms with Crippen molar-refractivity contribution < 1.29 is 9.53 Å². The smallest absolute Gasteiger partial charge is 0.245 e. The molecule has 0 fully saturated rings. The second-order valence-electron chi connectivity index (χ2n) is 4.16. The molecule has 2 heterocycles. The topological polar surface area (TPSA) is 63.2 Å². The minimum atomic E-state index is -0.351. The molecule has 1 atom stereocenters. The predicted octanol–water partition coefficient (Wildman–Crippen LogP) is 1.15. The van der Waals surface area contributed by atoms with Gasteiger partial charge in [-0.3, -0.25) is 9.78 Å². The van der Waals surface area contributed by atoms with Crippen LogP contribution in [-0.4, -0.2) is 30.6 Å². The quantitative estimate of drug-likeness (QED) is 0.788. The maximum Gasteiger partial charge on any atom is 0.245 e. The molecule has 3 rings (SSSR count). The molecule has 0 bridgehead atoms. The Bertz CT molecular complexity index is 612. The van der Waals surface area contributed by atoms with Crippen molar-refractivity contribution in [2.24, 2.45) is 0 Å². The Morgan fingerprint density at radius 1 is 1.44 bits per heavy atom. The number of aromatic nitrogens is 1. The van der Waals surface area contributed by atoms with Gasteiger partial charge in [0.05, 0.1) is 5.52 Å². The van der Waals surface area contributed by atoms with Crippen molar-refractivity contribution in [3.05, 3.63) is 30.5 Å². The number of ether oxygens (including phenoxy) is 1. The number of fused-ring (bicyclic) bond motifs is 3. The molecule has 5 nitrogen and oxygen atoms in total. The summed E-state index contributed by atoms with van der Waals surface area (Å²) >= 11 is 0. The molecule has 2 aromatic rings. The predicted molar refractivity (Wildman–Crippen MR) is 68.7 cm³/mol. The van der Waals surface area contributed by atoms with Gasteiger partial charge in [-0.05, 0) is 25.2 Å². The van der Waals surface area contributed by atoms with Gasteiger partial charge >= 0.3 is 0 Å². The van der Waals surface area contributed by atoms with E-state index in [0.717, 1.165) is 10.9 Å². The second kappa shape index (κ2) is 4.27. The first-order valence-corrected chi connectivity index (χ1v) is 5.78. The molecule has 1 amide bonds. The number of carbonyl (C=O) groups is 1. The van der Waals surface area contributed by atoms with Gasteiger partial charge in [-0.2, -0.15) is 0 Å². The van der Waals surface area contributed by atoms with E-state index in [4.69, 9.17) is 4.74 Å². The van der Waals surface area contributed by atoms with Crippen molar-refractivity contribution in [1.82, 2.24) is 10.3 Å². The molecule has 1 unspecified atom stereocenters. The van der Waals surface area contributed by atoms with E-state index in [0.29, 0.717) is 18.0 Å². The fourth-order valence-corrected chi connectivity index (χ4v) is 2.04. The van der Waals surface area contributed by atoms with Gasteiger partial charge in [0, 0.05) is 11.6 Å². The van der Waals surface area contributed by atoms with E-state index in [1.165, 1.54) is 0 Å². The van der Waals surface area contributed by atoms with Crippen LogP contribution in [0.15, 0.2) is 30.5 Å². The van der Waals surface area contributed by atoms with Crippen LogP contribution < -0.4 is 15.4 Å². The van der Waals surface area contributed by atoms with Crippen molar-refractivity contribution in [2.75, 3.05) is 19.0 Å². The molecule has 1 aliphatic rings. The number of likely N-dealkylation sites (N-methyl/N-ethyl adjacent to an activating group) is 1. The van der Waals surface area contributed by atoms with Gasteiger partial charge in [0.25, 0.3) is 0 Å². The van der Waals surface area contributed by atoms with Gasteiger partial charge in [0.1, 0.15) is 24.1 Å². The maximum absolute atomic E-state index is 12.0.